The molecule has 2 aromatic rings. The van der Waals surface area contributed by atoms with Crippen LogP contribution in [0.25, 0.3) is 0 Å². The number of nitrogens with zero attached hydrogens (tertiary/aromatic N) is 3. The molecule has 2 heterocycles. The molecule has 1 fully saturated rings. The van der Waals surface area contributed by atoms with Gasteiger partial charge in [-0.1, -0.05) is 0 Å². The quantitative estimate of drug-likeness (QED) is 0.687. The maximum atomic E-state index is 12.9. The van der Waals surface area contributed by atoms with E-state index in [2.05, 4.69) is 4.98 Å². The van der Waals surface area contributed by atoms with Crippen molar-refractivity contribution in [1.29, 1.82) is 0 Å². The first kappa shape index (κ1) is 25.3. The summed E-state index contributed by atoms with van der Waals surface area (Å²) in [6.45, 7) is 3.62. The Labute approximate surface area is 183 Å². The van der Waals surface area contributed by atoms with Crippen molar-refractivity contribution in [2.75, 3.05) is 19.6 Å². The third-order valence-corrected chi connectivity index (χ3v) is 6.83. The van der Waals surface area contributed by atoms with Crippen LogP contribution in [0.2, 0.25) is 0 Å². The molecule has 1 unspecified atom stereocenters. The summed E-state index contributed by atoms with van der Waals surface area (Å²) < 4.78 is 65.1. The largest absolute Gasteiger partial charge is 0.483 e. The minimum Gasteiger partial charge on any atom is -0.483 e. The number of carbonyl (C=O) groups is 2. The van der Waals surface area contributed by atoms with Crippen LogP contribution < -0.4 is 0 Å². The molecular weight excluding hydrogens is 451 g/mol. The highest BCUT2D eigenvalue weighted by molar-refractivity contribution is 7.89. The van der Waals surface area contributed by atoms with E-state index in [1.807, 2.05) is 0 Å². The number of rotatable bonds is 3. The Bertz CT molecular complexity index is 1040. The van der Waals surface area contributed by atoms with E-state index in [0.717, 1.165) is 30.0 Å². The third kappa shape index (κ3) is 5.82. The lowest BCUT2D eigenvalue weighted by atomic mass is 10.2. The number of aryl methyl sites for hydroxylation is 1. The number of sulfonamides is 1. The number of alkyl halides is 3. The molecule has 1 atom stereocenters. The number of piperazine rings is 1. The monoisotopic (exact) mass is 473 g/mol. The maximum absolute atomic E-state index is 12.9. The number of carboxylic acid groups (broad SMARTS) is 1. The summed E-state index contributed by atoms with van der Waals surface area (Å²) >= 11 is 0. The van der Waals surface area contributed by atoms with E-state index in [0.29, 0.717) is 5.56 Å². The Hall–Kier alpha value is -2.99. The van der Waals surface area contributed by atoms with Crippen LogP contribution in [-0.2, 0) is 21.0 Å². The predicted octanol–water partition coefficient (Wildman–Crippen LogP) is 2.64. The molecule has 0 spiro atoms. The van der Waals surface area contributed by atoms with Crippen molar-refractivity contribution in [2.45, 2.75) is 31.0 Å². The average Bonchev–Trinajstić information content (AvgIpc) is 2.73. The number of halogens is 3. The summed E-state index contributed by atoms with van der Waals surface area (Å²) in [5.74, 6) is -0.240. The first-order valence-electron chi connectivity index (χ1n) is 9.40. The highest BCUT2D eigenvalue weighted by Gasteiger charge is 2.36. The zero-order valence-electron chi connectivity index (χ0n) is 17.3. The van der Waals surface area contributed by atoms with Crippen LogP contribution in [0.1, 0.15) is 28.5 Å². The number of amides is 1. The van der Waals surface area contributed by atoms with Crippen LogP contribution in [0.3, 0.4) is 0 Å². The number of carbonyl (C=O) groups excluding carboxylic acids is 1. The topological polar surface area (TPSA) is 108 Å². The molecule has 8 nitrogen and oxygen atoms in total. The molecule has 174 valence electrons. The van der Waals surface area contributed by atoms with Gasteiger partial charge >= 0.3 is 6.18 Å². The molecule has 0 aliphatic carbocycles. The Morgan fingerprint density at radius 2 is 1.75 bits per heavy atom. The minimum atomic E-state index is -4.54. The fourth-order valence-electron chi connectivity index (χ4n) is 3.21. The molecular formula is C20H22F3N3O5S. The van der Waals surface area contributed by atoms with E-state index >= 15 is 0 Å². The number of hydrogen-bond donors (Lipinski definition) is 1. The van der Waals surface area contributed by atoms with Crippen molar-refractivity contribution in [3.8, 4) is 0 Å². The standard InChI is InChI=1S/C19H20F3N3O3S.CH2O2/c1-13-3-4-15(11-23-13)18(26)24-9-10-25(14(2)12-24)29(27,28)17-7-5-16(6-8-17)19(20,21)22;2-1-3/h3-8,11,14H,9-10,12H2,1-2H3;1H,(H,2,3). The molecule has 0 bridgehead atoms. The van der Waals surface area contributed by atoms with Gasteiger partial charge in [0.05, 0.1) is 16.0 Å². The summed E-state index contributed by atoms with van der Waals surface area (Å²) in [6, 6.07) is 6.28. The molecule has 0 radical (unpaired) electrons. The summed E-state index contributed by atoms with van der Waals surface area (Å²) in [4.78, 5) is 26.4. The van der Waals surface area contributed by atoms with Gasteiger partial charge in [0.1, 0.15) is 0 Å². The lowest BCUT2D eigenvalue weighted by Crippen LogP contribution is -2.55. The first-order valence-corrected chi connectivity index (χ1v) is 10.8. The average molecular weight is 473 g/mol. The van der Waals surface area contributed by atoms with Gasteiger partial charge in [0, 0.05) is 37.6 Å². The van der Waals surface area contributed by atoms with Gasteiger partial charge in [-0.25, -0.2) is 8.42 Å². The molecule has 12 heteroatoms. The SMILES string of the molecule is Cc1ccc(C(=O)N2CCN(S(=O)(=O)c3ccc(C(F)(F)F)cc3)C(C)C2)cn1.O=CO. The highest BCUT2D eigenvalue weighted by Crippen LogP contribution is 2.30. The van der Waals surface area contributed by atoms with E-state index in [1.54, 1.807) is 30.9 Å². The summed E-state index contributed by atoms with van der Waals surface area (Å²) in [5.41, 5.74) is 0.288. The van der Waals surface area contributed by atoms with Gasteiger partial charge in [-0.2, -0.15) is 17.5 Å². The fourth-order valence-corrected chi connectivity index (χ4v) is 4.82. The lowest BCUT2D eigenvalue weighted by Gasteiger charge is -2.39. The van der Waals surface area contributed by atoms with Gasteiger partial charge < -0.3 is 10.0 Å². The predicted molar refractivity (Wildman–Crippen MR) is 108 cm³/mol. The van der Waals surface area contributed by atoms with Crippen molar-refractivity contribution in [3.63, 3.8) is 0 Å². The zero-order chi connectivity index (χ0) is 24.1. The van der Waals surface area contributed by atoms with Gasteiger partial charge in [-0.3, -0.25) is 14.6 Å². The van der Waals surface area contributed by atoms with Crippen molar-refractivity contribution >= 4 is 22.4 Å². The van der Waals surface area contributed by atoms with Gasteiger partial charge in [0.15, 0.2) is 0 Å². The lowest BCUT2D eigenvalue weighted by molar-refractivity contribution is -0.137. The summed E-state index contributed by atoms with van der Waals surface area (Å²) in [6.07, 6.45) is -3.06. The summed E-state index contributed by atoms with van der Waals surface area (Å²) in [5, 5.41) is 6.89. The van der Waals surface area contributed by atoms with Crippen LogP contribution in [0.5, 0.6) is 0 Å². The molecule has 1 aliphatic rings. The Balaban J connectivity index is 0.00000114. The second-order valence-electron chi connectivity index (χ2n) is 7.03. The maximum Gasteiger partial charge on any atom is 0.416 e. The van der Waals surface area contributed by atoms with E-state index < -0.39 is 27.8 Å². The number of benzene rings is 1. The van der Waals surface area contributed by atoms with Gasteiger partial charge in [0.25, 0.3) is 12.4 Å². The first-order chi connectivity index (χ1) is 14.9. The molecule has 1 saturated heterocycles. The normalized spacial score (nSPS) is 17.3. The zero-order valence-corrected chi connectivity index (χ0v) is 18.1. The van der Waals surface area contributed by atoms with Crippen LogP contribution in [0.4, 0.5) is 13.2 Å². The molecule has 1 aromatic heterocycles. The van der Waals surface area contributed by atoms with Crippen molar-refractivity contribution in [2.24, 2.45) is 0 Å². The van der Waals surface area contributed by atoms with Crippen molar-refractivity contribution in [3.05, 3.63) is 59.4 Å². The Morgan fingerprint density at radius 1 is 1.16 bits per heavy atom. The molecule has 1 aromatic carbocycles. The van der Waals surface area contributed by atoms with Gasteiger partial charge in [0.2, 0.25) is 10.0 Å². The molecule has 0 saturated carbocycles. The van der Waals surface area contributed by atoms with Crippen LogP contribution in [0, 0.1) is 6.92 Å². The molecule has 3 rings (SSSR count). The molecule has 1 N–H and O–H groups in total. The van der Waals surface area contributed by atoms with E-state index in [-0.39, 0.29) is 36.9 Å². The Kier molecular flexibility index (Phi) is 7.97. The highest BCUT2D eigenvalue weighted by atomic mass is 32.2. The number of aromatic nitrogens is 1. The summed E-state index contributed by atoms with van der Waals surface area (Å²) in [7, 11) is -3.98. The van der Waals surface area contributed by atoms with Crippen molar-refractivity contribution < 1.29 is 36.3 Å². The van der Waals surface area contributed by atoms with Crippen LogP contribution in [0.15, 0.2) is 47.5 Å². The smallest absolute Gasteiger partial charge is 0.416 e. The van der Waals surface area contributed by atoms with Gasteiger partial charge in [-0.05, 0) is 50.2 Å². The van der Waals surface area contributed by atoms with Crippen LogP contribution >= 0.6 is 0 Å². The van der Waals surface area contributed by atoms with E-state index in [9.17, 15) is 26.4 Å². The third-order valence-electron chi connectivity index (χ3n) is 4.80. The second-order valence-corrected chi connectivity index (χ2v) is 8.92. The van der Waals surface area contributed by atoms with E-state index in [1.165, 1.54) is 10.5 Å². The minimum absolute atomic E-state index is 0.0511. The number of hydrogen-bond acceptors (Lipinski definition) is 5. The molecule has 1 amide bonds. The van der Waals surface area contributed by atoms with Crippen LogP contribution in [-0.4, -0.2) is 65.8 Å². The fraction of sp³-hybridized carbons (Fsp3) is 0.350. The second kappa shape index (κ2) is 10.1. The molecule has 32 heavy (non-hydrogen) atoms. The Morgan fingerprint density at radius 3 is 2.22 bits per heavy atom. The molecule has 1 aliphatic heterocycles. The van der Waals surface area contributed by atoms with Crippen molar-refractivity contribution in [1.82, 2.24) is 14.2 Å². The van der Waals surface area contributed by atoms with Gasteiger partial charge in [-0.15, -0.1) is 0 Å². The number of pyridine rings is 1. The van der Waals surface area contributed by atoms with E-state index in [4.69, 9.17) is 9.90 Å².